The molecule has 1 unspecified atom stereocenters. The molecule has 1 aliphatic carbocycles. The molecule has 0 aromatic heterocycles. The molecule has 4 rings (SSSR count). The Morgan fingerprint density at radius 3 is 2.49 bits per heavy atom. The van der Waals surface area contributed by atoms with E-state index in [-0.39, 0.29) is 31.2 Å². The largest absolute Gasteiger partial charge is 0.480 e. The number of halogens is 1. The number of aliphatic carboxylic acids is 1. The predicted molar refractivity (Wildman–Crippen MR) is 141 cm³/mol. The number of carbonyl (C=O) groups excluding carboxylic acids is 3. The molecule has 37 heavy (non-hydrogen) atoms. The third-order valence-electron chi connectivity index (χ3n) is 8.13. The van der Waals surface area contributed by atoms with Crippen LogP contribution in [-0.4, -0.2) is 58.9 Å². The van der Waals surface area contributed by atoms with Gasteiger partial charge in [0.05, 0.1) is 0 Å². The molecule has 9 heteroatoms. The predicted octanol–water partition coefficient (Wildman–Crippen LogP) is 4.25. The molecular formula is C28H38ClN3O5. The number of nitrogens with zero attached hydrogens (tertiary/aromatic N) is 2. The fourth-order valence-corrected chi connectivity index (χ4v) is 6.40. The van der Waals surface area contributed by atoms with E-state index in [1.807, 2.05) is 20.8 Å². The first-order chi connectivity index (χ1) is 17.4. The van der Waals surface area contributed by atoms with Gasteiger partial charge in [0.1, 0.15) is 12.1 Å². The van der Waals surface area contributed by atoms with Gasteiger partial charge in [-0.25, -0.2) is 4.79 Å². The molecule has 1 saturated carbocycles. The molecule has 2 N–H and O–H groups in total. The number of benzene rings is 1. The number of likely N-dealkylation sites (tertiary alicyclic amines) is 1. The van der Waals surface area contributed by atoms with E-state index in [4.69, 9.17) is 11.6 Å². The minimum absolute atomic E-state index is 0.117. The van der Waals surface area contributed by atoms with Crippen molar-refractivity contribution in [1.29, 1.82) is 0 Å². The van der Waals surface area contributed by atoms with Crippen LogP contribution < -0.4 is 10.2 Å². The summed E-state index contributed by atoms with van der Waals surface area (Å²) < 4.78 is 0. The van der Waals surface area contributed by atoms with Crippen LogP contribution in [0.3, 0.4) is 0 Å². The summed E-state index contributed by atoms with van der Waals surface area (Å²) in [7, 11) is 0. The Kier molecular flexibility index (Phi) is 7.88. The molecule has 0 bridgehead atoms. The summed E-state index contributed by atoms with van der Waals surface area (Å²) in [5.74, 6) is -1.45. The number of amides is 3. The van der Waals surface area contributed by atoms with Gasteiger partial charge in [0, 0.05) is 42.1 Å². The Hall–Kier alpha value is -2.61. The van der Waals surface area contributed by atoms with Gasteiger partial charge in [-0.2, -0.15) is 0 Å². The van der Waals surface area contributed by atoms with E-state index in [1.165, 1.54) is 11.3 Å². The van der Waals surface area contributed by atoms with Crippen LogP contribution in [0.2, 0.25) is 5.02 Å². The number of rotatable bonds is 6. The molecule has 2 saturated heterocycles. The molecule has 2 aliphatic heterocycles. The van der Waals surface area contributed by atoms with Crippen molar-refractivity contribution in [2.75, 3.05) is 18.0 Å². The monoisotopic (exact) mass is 531 g/mol. The van der Waals surface area contributed by atoms with Crippen LogP contribution in [-0.2, 0) is 19.2 Å². The van der Waals surface area contributed by atoms with Crippen molar-refractivity contribution in [3.05, 3.63) is 29.3 Å². The van der Waals surface area contributed by atoms with Crippen molar-refractivity contribution >= 4 is 41.0 Å². The quantitative estimate of drug-likeness (QED) is 0.570. The van der Waals surface area contributed by atoms with E-state index in [0.29, 0.717) is 29.6 Å². The highest BCUT2D eigenvalue weighted by Crippen LogP contribution is 2.45. The molecule has 3 aliphatic rings. The van der Waals surface area contributed by atoms with Crippen molar-refractivity contribution < 1.29 is 24.3 Å². The highest BCUT2D eigenvalue weighted by atomic mass is 35.5. The van der Waals surface area contributed by atoms with E-state index >= 15 is 0 Å². The Morgan fingerprint density at radius 1 is 1.16 bits per heavy atom. The normalized spacial score (nSPS) is 25.5. The first-order valence-electron chi connectivity index (χ1n) is 13.3. The lowest BCUT2D eigenvalue weighted by molar-refractivity contribution is -0.150. The minimum atomic E-state index is -1.10. The van der Waals surface area contributed by atoms with Gasteiger partial charge >= 0.3 is 5.97 Å². The molecule has 3 fully saturated rings. The average Bonchev–Trinajstić information content (AvgIpc) is 3.36. The maximum Gasteiger partial charge on any atom is 0.326 e. The minimum Gasteiger partial charge on any atom is -0.480 e. The Bertz CT molecular complexity index is 1060. The number of anilines is 1. The van der Waals surface area contributed by atoms with Crippen molar-refractivity contribution in [3.8, 4) is 0 Å². The lowest BCUT2D eigenvalue weighted by atomic mass is 9.84. The molecule has 202 valence electrons. The fourth-order valence-electron chi connectivity index (χ4n) is 6.21. The van der Waals surface area contributed by atoms with Crippen LogP contribution in [0, 0.1) is 16.7 Å². The summed E-state index contributed by atoms with van der Waals surface area (Å²) in [6, 6.07) is 5.09. The van der Waals surface area contributed by atoms with E-state index in [1.54, 1.807) is 29.2 Å². The highest BCUT2D eigenvalue weighted by Gasteiger charge is 2.56. The number of carboxylic acid groups (broad SMARTS) is 1. The van der Waals surface area contributed by atoms with Crippen LogP contribution in [0.1, 0.15) is 72.1 Å². The molecular weight excluding hydrogens is 494 g/mol. The topological polar surface area (TPSA) is 107 Å². The summed E-state index contributed by atoms with van der Waals surface area (Å²) in [4.78, 5) is 55.2. The van der Waals surface area contributed by atoms with Gasteiger partial charge in [-0.15, -0.1) is 0 Å². The summed E-state index contributed by atoms with van der Waals surface area (Å²) in [5, 5.41) is 13.5. The van der Waals surface area contributed by atoms with Gasteiger partial charge in [0.25, 0.3) is 0 Å². The van der Waals surface area contributed by atoms with Gasteiger partial charge in [-0.05, 0) is 48.8 Å². The van der Waals surface area contributed by atoms with Gasteiger partial charge in [-0.3, -0.25) is 14.4 Å². The molecule has 1 spiro atoms. The van der Waals surface area contributed by atoms with Crippen LogP contribution in [0.25, 0.3) is 0 Å². The smallest absolute Gasteiger partial charge is 0.326 e. The zero-order chi connectivity index (χ0) is 27.0. The van der Waals surface area contributed by atoms with E-state index in [2.05, 4.69) is 5.32 Å². The SMILES string of the molecule is CC(C)(C)C(NC(=O)CC1CCCCC1)C(=O)N1C[C@]2(CC(=O)N(c3cccc(Cl)c3)C2)C[C@H]1C(=O)O. The molecule has 2 heterocycles. The third-order valence-corrected chi connectivity index (χ3v) is 8.37. The lowest BCUT2D eigenvalue weighted by Gasteiger charge is -2.35. The highest BCUT2D eigenvalue weighted by molar-refractivity contribution is 6.31. The van der Waals surface area contributed by atoms with Crippen LogP contribution >= 0.6 is 11.6 Å². The second-order valence-electron chi connectivity index (χ2n) is 12.2. The van der Waals surface area contributed by atoms with Crippen molar-refractivity contribution in [2.24, 2.45) is 16.7 Å². The molecule has 3 atom stereocenters. The summed E-state index contributed by atoms with van der Waals surface area (Å²) in [6.45, 7) is 6.08. The number of hydrogen-bond donors (Lipinski definition) is 2. The van der Waals surface area contributed by atoms with Crippen molar-refractivity contribution in [2.45, 2.75) is 84.2 Å². The standard InChI is InChI=1S/C28H38ClN3O5/c1-27(2,3)24(30-22(33)12-18-8-5-4-6-9-18)25(35)32-17-28(14-21(32)26(36)37)15-23(34)31(16-28)20-11-7-10-19(29)13-20/h7,10-11,13,18,21,24H,4-6,8-9,12,14-17H2,1-3H3,(H,30,33)(H,36,37)/t21-,24?,28-/m0/s1. The zero-order valence-electron chi connectivity index (χ0n) is 22.0. The van der Waals surface area contributed by atoms with Crippen molar-refractivity contribution in [1.82, 2.24) is 10.2 Å². The zero-order valence-corrected chi connectivity index (χ0v) is 22.7. The van der Waals surface area contributed by atoms with Gasteiger partial charge in [0.15, 0.2) is 0 Å². The van der Waals surface area contributed by atoms with Gasteiger partial charge < -0.3 is 20.2 Å². The number of nitrogens with one attached hydrogen (secondary N) is 1. The Balaban J connectivity index is 1.52. The molecule has 0 radical (unpaired) electrons. The van der Waals surface area contributed by atoms with Crippen molar-refractivity contribution in [3.63, 3.8) is 0 Å². The first-order valence-corrected chi connectivity index (χ1v) is 13.6. The maximum atomic E-state index is 13.9. The Morgan fingerprint density at radius 2 is 1.86 bits per heavy atom. The van der Waals surface area contributed by atoms with Gasteiger partial charge in [0.2, 0.25) is 17.7 Å². The number of carbonyl (C=O) groups is 4. The molecule has 3 amide bonds. The first kappa shape index (κ1) is 27.4. The number of hydrogen-bond acceptors (Lipinski definition) is 4. The third kappa shape index (κ3) is 6.11. The Labute approximate surface area is 223 Å². The van der Waals surface area contributed by atoms with Crippen LogP contribution in [0.5, 0.6) is 0 Å². The van der Waals surface area contributed by atoms with Gasteiger partial charge in [-0.1, -0.05) is 57.7 Å². The van der Waals surface area contributed by atoms with Crippen LogP contribution in [0.15, 0.2) is 24.3 Å². The summed E-state index contributed by atoms with van der Waals surface area (Å²) >= 11 is 6.13. The lowest BCUT2D eigenvalue weighted by Crippen LogP contribution is -2.57. The summed E-state index contributed by atoms with van der Waals surface area (Å²) in [5.41, 5.74) is -0.628. The molecule has 1 aromatic rings. The average molecular weight is 532 g/mol. The number of carboxylic acids is 1. The second-order valence-corrected chi connectivity index (χ2v) is 12.7. The molecule has 1 aromatic carbocycles. The molecule has 8 nitrogen and oxygen atoms in total. The maximum absolute atomic E-state index is 13.9. The fraction of sp³-hybridized carbons (Fsp3) is 0.643. The summed E-state index contributed by atoms with van der Waals surface area (Å²) in [6.07, 6.45) is 6.22. The second kappa shape index (κ2) is 10.6. The van der Waals surface area contributed by atoms with E-state index in [0.717, 1.165) is 25.7 Å². The van der Waals surface area contributed by atoms with Crippen LogP contribution in [0.4, 0.5) is 5.69 Å². The van der Waals surface area contributed by atoms with E-state index in [9.17, 15) is 24.3 Å². The van der Waals surface area contributed by atoms with E-state index < -0.39 is 34.8 Å².